The number of hydrogen-bond acceptors (Lipinski definition) is 10. The third-order valence-electron chi connectivity index (χ3n) is 10.7. The van der Waals surface area contributed by atoms with E-state index >= 15 is 0 Å². The molecule has 5 N–H and O–H groups in total. The summed E-state index contributed by atoms with van der Waals surface area (Å²) in [4.78, 5) is 83.7. The van der Waals surface area contributed by atoms with Crippen LogP contribution in [-0.2, 0) is 35.1 Å². The fourth-order valence-corrected chi connectivity index (χ4v) is 7.87. The van der Waals surface area contributed by atoms with Crippen molar-refractivity contribution >= 4 is 53.0 Å². The highest BCUT2D eigenvalue weighted by Gasteiger charge is 2.37. The van der Waals surface area contributed by atoms with Crippen LogP contribution in [0.5, 0.6) is 0 Å². The number of hydrogen-bond donors (Lipinski definition) is 5. The van der Waals surface area contributed by atoms with Crippen LogP contribution in [0.2, 0.25) is 0 Å². The largest absolute Gasteiger partial charge is 0.481 e. The third-order valence-corrected chi connectivity index (χ3v) is 11.6. The van der Waals surface area contributed by atoms with Crippen molar-refractivity contribution in [2.24, 2.45) is 17.8 Å². The molecule has 0 saturated carbocycles. The van der Waals surface area contributed by atoms with Crippen LogP contribution in [0, 0.1) is 17.8 Å². The highest BCUT2D eigenvalue weighted by Crippen LogP contribution is 2.30. The van der Waals surface area contributed by atoms with Crippen LogP contribution in [-0.4, -0.2) is 114 Å². The number of likely N-dealkylation sites (tertiary alicyclic amines) is 1. The lowest BCUT2D eigenvalue weighted by Crippen LogP contribution is -2.58. The monoisotopic (exact) mass is 799 g/mol. The summed E-state index contributed by atoms with van der Waals surface area (Å²) in [5.74, 6) is -2.89. The standard InChI is InChI=1S/C40H61N7O8S/c1-9-25(4)35(45-37(51)31-12-10-11-17-46(31)6)39(52)47(7)32(24(2)3)20-33(55-8)38-44-30(22-56-38)36(50)43-29(18-26(5)40(53)54)19-27-13-15-28(16-14-27)42-34(49)21-41-23-48/h13-16,22-26,29,31-33,35H,9-12,17-21H2,1-8H3,(H,41,48)(H,42,49)(H,43,50)(H,45,51)(H,53,54)/t25-,26?,29+,31+,32+,33+,35-/m0/s1. The van der Waals surface area contributed by atoms with E-state index in [4.69, 9.17) is 4.74 Å². The number of carboxylic acids is 1. The highest BCUT2D eigenvalue weighted by molar-refractivity contribution is 7.09. The number of nitrogens with one attached hydrogen (secondary N) is 4. The quantitative estimate of drug-likeness (QED) is 0.109. The summed E-state index contributed by atoms with van der Waals surface area (Å²) in [5, 5.41) is 22.9. The molecule has 1 aliphatic rings. The van der Waals surface area contributed by atoms with Gasteiger partial charge in [-0.3, -0.25) is 33.7 Å². The van der Waals surface area contributed by atoms with Crippen molar-refractivity contribution in [2.75, 3.05) is 39.6 Å². The zero-order valence-electron chi connectivity index (χ0n) is 34.0. The maximum Gasteiger partial charge on any atom is 0.306 e. The molecule has 3 rings (SSSR count). The Bertz CT molecular complexity index is 1620. The lowest BCUT2D eigenvalue weighted by Gasteiger charge is -2.38. The third kappa shape index (κ3) is 13.4. The molecular formula is C40H61N7O8S. The van der Waals surface area contributed by atoms with Crippen LogP contribution in [0.25, 0.3) is 0 Å². The van der Waals surface area contributed by atoms with Gasteiger partial charge in [0.15, 0.2) is 0 Å². The number of thiazole rings is 1. The molecule has 1 saturated heterocycles. The maximum atomic E-state index is 14.2. The van der Waals surface area contributed by atoms with Gasteiger partial charge in [-0.15, -0.1) is 11.3 Å². The molecule has 0 bridgehead atoms. The second-order valence-corrected chi connectivity index (χ2v) is 16.1. The lowest BCUT2D eigenvalue weighted by atomic mass is 9.92. The van der Waals surface area contributed by atoms with Crippen molar-refractivity contribution in [3.05, 3.63) is 45.9 Å². The summed E-state index contributed by atoms with van der Waals surface area (Å²) in [7, 11) is 5.28. The molecule has 56 heavy (non-hydrogen) atoms. The number of aromatic nitrogens is 1. The first-order chi connectivity index (χ1) is 26.6. The molecular weight excluding hydrogens is 739 g/mol. The van der Waals surface area contributed by atoms with E-state index in [-0.39, 0.29) is 60.3 Å². The number of carboxylic acid groups (broad SMARTS) is 1. The maximum absolute atomic E-state index is 14.2. The van der Waals surface area contributed by atoms with Gasteiger partial charge in [0.05, 0.1) is 18.5 Å². The van der Waals surface area contributed by atoms with Gasteiger partial charge in [0.25, 0.3) is 5.91 Å². The molecule has 5 amide bonds. The summed E-state index contributed by atoms with van der Waals surface area (Å²) in [6, 6.07) is 5.18. The Labute approximate surface area is 334 Å². The number of aliphatic carboxylic acids is 1. The molecule has 0 spiro atoms. The average molecular weight is 800 g/mol. The van der Waals surface area contributed by atoms with E-state index < -0.39 is 36.0 Å². The Morgan fingerprint density at radius 3 is 2.36 bits per heavy atom. The van der Waals surface area contributed by atoms with Crippen molar-refractivity contribution in [3.8, 4) is 0 Å². The van der Waals surface area contributed by atoms with E-state index in [0.29, 0.717) is 36.4 Å². The van der Waals surface area contributed by atoms with Gasteiger partial charge >= 0.3 is 5.97 Å². The van der Waals surface area contributed by atoms with Gasteiger partial charge in [-0.1, -0.05) is 59.6 Å². The fraction of sp³-hybridized carbons (Fsp3) is 0.625. The predicted molar refractivity (Wildman–Crippen MR) is 215 cm³/mol. The minimum atomic E-state index is -0.983. The first-order valence-corrected chi connectivity index (χ1v) is 20.3. The number of carbonyl (C=O) groups is 6. The van der Waals surface area contributed by atoms with E-state index in [1.807, 2.05) is 34.7 Å². The second-order valence-electron chi connectivity index (χ2n) is 15.2. The van der Waals surface area contributed by atoms with Gasteiger partial charge < -0.3 is 36.0 Å². The number of piperidine rings is 1. The summed E-state index contributed by atoms with van der Waals surface area (Å²) in [6.45, 7) is 10.3. The molecule has 1 aromatic heterocycles. The number of amides is 5. The minimum Gasteiger partial charge on any atom is -0.481 e. The van der Waals surface area contributed by atoms with Gasteiger partial charge in [-0.2, -0.15) is 0 Å². The summed E-state index contributed by atoms with van der Waals surface area (Å²) in [5.41, 5.74) is 1.50. The van der Waals surface area contributed by atoms with Crippen molar-refractivity contribution < 1.29 is 38.6 Å². The molecule has 1 fully saturated rings. The van der Waals surface area contributed by atoms with Crippen LogP contribution in [0.15, 0.2) is 29.6 Å². The summed E-state index contributed by atoms with van der Waals surface area (Å²) >= 11 is 1.27. The van der Waals surface area contributed by atoms with Gasteiger partial charge in [0, 0.05) is 43.7 Å². The summed E-state index contributed by atoms with van der Waals surface area (Å²) in [6.07, 6.45) is 4.31. The number of rotatable bonds is 22. The van der Waals surface area contributed by atoms with Crippen LogP contribution in [0.3, 0.4) is 0 Å². The first kappa shape index (κ1) is 46.0. The van der Waals surface area contributed by atoms with E-state index in [2.05, 4.69) is 31.2 Å². The molecule has 2 aromatic rings. The molecule has 0 radical (unpaired) electrons. The molecule has 1 aliphatic heterocycles. The Balaban J connectivity index is 1.74. The minimum absolute atomic E-state index is 0.0314. The number of likely N-dealkylation sites (N-methyl/N-ethyl adjacent to an activating group) is 2. The first-order valence-electron chi connectivity index (χ1n) is 19.4. The van der Waals surface area contributed by atoms with Gasteiger partial charge in [0.2, 0.25) is 24.1 Å². The van der Waals surface area contributed by atoms with Gasteiger partial charge in [0.1, 0.15) is 22.8 Å². The Morgan fingerprint density at radius 2 is 1.77 bits per heavy atom. The predicted octanol–water partition coefficient (Wildman–Crippen LogP) is 3.86. The number of ether oxygens (including phenoxy) is 1. The zero-order chi connectivity index (χ0) is 41.5. The molecule has 0 aliphatic carbocycles. The molecule has 2 heterocycles. The topological polar surface area (TPSA) is 199 Å². The van der Waals surface area contributed by atoms with Crippen LogP contribution < -0.4 is 21.3 Å². The van der Waals surface area contributed by atoms with E-state index in [0.717, 1.165) is 31.4 Å². The molecule has 310 valence electrons. The van der Waals surface area contributed by atoms with E-state index in [1.54, 1.807) is 55.6 Å². The van der Waals surface area contributed by atoms with Crippen LogP contribution in [0.4, 0.5) is 5.69 Å². The van der Waals surface area contributed by atoms with Crippen LogP contribution in [0.1, 0.15) is 100 Å². The number of methoxy groups -OCH3 is 1. The normalized spacial score (nSPS) is 17.8. The van der Waals surface area contributed by atoms with Crippen molar-refractivity contribution in [3.63, 3.8) is 0 Å². The molecule has 1 aromatic carbocycles. The molecule has 1 unspecified atom stereocenters. The Hall–Kier alpha value is -4.41. The Kier molecular flexibility index (Phi) is 18.4. The van der Waals surface area contributed by atoms with Gasteiger partial charge in [-0.05, 0) is 68.8 Å². The molecule has 7 atom stereocenters. The van der Waals surface area contributed by atoms with E-state index in [1.165, 1.54) is 11.3 Å². The molecule has 15 nitrogen and oxygen atoms in total. The lowest BCUT2D eigenvalue weighted by molar-refractivity contribution is -0.141. The fourth-order valence-electron chi connectivity index (χ4n) is 6.98. The van der Waals surface area contributed by atoms with Gasteiger partial charge in [-0.25, -0.2) is 4.98 Å². The van der Waals surface area contributed by atoms with Crippen molar-refractivity contribution in [1.82, 2.24) is 30.7 Å². The average Bonchev–Trinajstić information content (AvgIpc) is 3.67. The van der Waals surface area contributed by atoms with Crippen LogP contribution >= 0.6 is 11.3 Å². The zero-order valence-corrected chi connectivity index (χ0v) is 34.8. The van der Waals surface area contributed by atoms with Crippen molar-refractivity contribution in [1.29, 1.82) is 0 Å². The van der Waals surface area contributed by atoms with E-state index in [9.17, 15) is 33.9 Å². The Morgan fingerprint density at radius 1 is 1.07 bits per heavy atom. The second kappa shape index (κ2) is 22.4. The number of nitrogens with zero attached hydrogens (tertiary/aromatic N) is 3. The number of benzene rings is 1. The SMILES string of the molecule is CC[C@H](C)[C@H](NC(=O)[C@H]1CCCCN1C)C(=O)N(C)[C@H](C[C@@H](OC)c1nc(C(=O)N[C@@H](Cc2ccc(NC(=O)CNC=O)cc2)CC(C)C(=O)O)cs1)C(C)C. The number of anilines is 1. The van der Waals surface area contributed by atoms with Crippen molar-refractivity contribution in [2.45, 2.75) is 110 Å². The summed E-state index contributed by atoms with van der Waals surface area (Å²) < 4.78 is 5.91. The highest BCUT2D eigenvalue weighted by atomic mass is 32.1. The number of carbonyl (C=O) groups excluding carboxylic acids is 5. The smallest absolute Gasteiger partial charge is 0.306 e. The molecule has 16 heteroatoms.